The van der Waals surface area contributed by atoms with Gasteiger partial charge >= 0.3 is 8.07 Å². The Hall–Kier alpha value is -1.36. The van der Waals surface area contributed by atoms with Gasteiger partial charge in [-0.05, 0) is 64.2 Å². The predicted molar refractivity (Wildman–Crippen MR) is 102 cm³/mol. The summed E-state index contributed by atoms with van der Waals surface area (Å²) in [5.41, 5.74) is -0.589. The monoisotopic (exact) mass is 364 g/mol. The van der Waals surface area contributed by atoms with Crippen molar-refractivity contribution in [3.8, 4) is 0 Å². The lowest BCUT2D eigenvalue weighted by Crippen LogP contribution is -2.58. The maximum Gasteiger partial charge on any atom is 0.362 e. The van der Waals surface area contributed by atoms with Crippen molar-refractivity contribution in [1.82, 2.24) is 0 Å². The zero-order chi connectivity index (χ0) is 18.1. The van der Waals surface area contributed by atoms with Crippen LogP contribution in [0.3, 0.4) is 0 Å². The van der Waals surface area contributed by atoms with Crippen molar-refractivity contribution in [2.45, 2.75) is 78.1 Å². The Labute approximate surface area is 152 Å². The number of carbonyl (C=O) groups excluding carboxylic acids is 2. The minimum absolute atomic E-state index is 0.295. The third-order valence-corrected chi connectivity index (χ3v) is 9.38. The van der Waals surface area contributed by atoms with E-state index in [2.05, 4.69) is 12.2 Å². The molecule has 0 aromatic carbocycles. The third-order valence-electron chi connectivity index (χ3n) is 5.03. The van der Waals surface area contributed by atoms with Crippen molar-refractivity contribution < 1.29 is 19.1 Å². The Balaban J connectivity index is 2.50. The molecule has 2 aliphatic carbocycles. The summed E-state index contributed by atoms with van der Waals surface area (Å²) in [6.07, 6.45) is 13.7. The second-order valence-electron chi connectivity index (χ2n) is 6.97. The smallest absolute Gasteiger partial charge is 0.362 e. The van der Waals surface area contributed by atoms with Gasteiger partial charge in [0.2, 0.25) is 0 Å². The van der Waals surface area contributed by atoms with Crippen LogP contribution in [0.25, 0.3) is 0 Å². The lowest BCUT2D eigenvalue weighted by atomic mass is 10.1. The van der Waals surface area contributed by atoms with Gasteiger partial charge in [-0.3, -0.25) is 9.59 Å². The second kappa shape index (κ2) is 9.95. The lowest BCUT2D eigenvalue weighted by Gasteiger charge is -2.34. The van der Waals surface area contributed by atoms with Crippen LogP contribution in [0.1, 0.15) is 78.1 Å². The van der Waals surface area contributed by atoms with E-state index < -0.39 is 8.07 Å². The molecule has 0 atom stereocenters. The summed E-state index contributed by atoms with van der Waals surface area (Å²) in [5.74, 6) is 0. The van der Waals surface area contributed by atoms with Crippen LogP contribution >= 0.6 is 0 Å². The molecule has 25 heavy (non-hydrogen) atoms. The zero-order valence-electron chi connectivity index (χ0n) is 15.8. The molecule has 0 fully saturated rings. The van der Waals surface area contributed by atoms with E-state index in [4.69, 9.17) is 9.47 Å². The summed E-state index contributed by atoms with van der Waals surface area (Å²) < 4.78 is 11.2. The Bertz CT molecular complexity index is 488. The maximum atomic E-state index is 13.3. The molecule has 2 aliphatic rings. The summed E-state index contributed by atoms with van der Waals surface area (Å²) in [6, 6.07) is 0. The van der Waals surface area contributed by atoms with Crippen molar-refractivity contribution >= 4 is 19.3 Å². The van der Waals surface area contributed by atoms with E-state index in [9.17, 15) is 9.59 Å². The Kier molecular flexibility index (Phi) is 7.94. The first-order chi connectivity index (χ1) is 12.2. The van der Waals surface area contributed by atoms with Gasteiger partial charge in [0.25, 0.3) is 11.2 Å². The van der Waals surface area contributed by atoms with Gasteiger partial charge in [-0.15, -0.1) is 0 Å². The third kappa shape index (κ3) is 4.43. The molecule has 0 saturated carbocycles. The van der Waals surface area contributed by atoms with Gasteiger partial charge in [0.1, 0.15) is 0 Å². The van der Waals surface area contributed by atoms with E-state index in [0.29, 0.717) is 13.2 Å². The van der Waals surface area contributed by atoms with Gasteiger partial charge < -0.3 is 9.47 Å². The van der Waals surface area contributed by atoms with Gasteiger partial charge in [0.15, 0.2) is 0 Å². The minimum atomic E-state index is -3.28. The number of carbonyl (C=O) groups is 2. The van der Waals surface area contributed by atoms with Crippen molar-refractivity contribution in [3.05, 3.63) is 22.5 Å². The first-order valence-corrected chi connectivity index (χ1v) is 11.9. The van der Waals surface area contributed by atoms with Crippen LogP contribution < -0.4 is 0 Å². The molecule has 0 N–H and O–H groups in total. The average Bonchev–Trinajstić information content (AvgIpc) is 2.67. The lowest BCUT2D eigenvalue weighted by molar-refractivity contribution is 0.161. The molecular formula is C20H32O4Si. The van der Waals surface area contributed by atoms with E-state index in [1.165, 1.54) is 0 Å². The van der Waals surface area contributed by atoms with Gasteiger partial charge in [0.05, 0.1) is 13.2 Å². The summed E-state index contributed by atoms with van der Waals surface area (Å²) in [5, 5.41) is 2.07. The van der Waals surface area contributed by atoms with Gasteiger partial charge in [-0.2, -0.15) is 0 Å². The average molecular weight is 365 g/mol. The summed E-state index contributed by atoms with van der Waals surface area (Å²) in [7, 11) is -3.28. The molecule has 5 heteroatoms. The quantitative estimate of drug-likeness (QED) is 0.513. The van der Waals surface area contributed by atoms with Crippen LogP contribution in [-0.4, -0.2) is 32.5 Å². The second-order valence-corrected chi connectivity index (χ2v) is 10.6. The van der Waals surface area contributed by atoms with Crippen molar-refractivity contribution in [2.75, 3.05) is 13.2 Å². The van der Waals surface area contributed by atoms with Crippen LogP contribution in [0.4, 0.5) is 9.59 Å². The highest BCUT2D eigenvalue weighted by Gasteiger charge is 2.58. The zero-order valence-corrected chi connectivity index (χ0v) is 16.8. The molecule has 0 aromatic heterocycles. The first-order valence-electron chi connectivity index (χ1n) is 9.91. The maximum absolute atomic E-state index is 13.3. The number of ether oxygens (including phenoxy) is 2. The normalized spacial score (nSPS) is 18.2. The van der Waals surface area contributed by atoms with E-state index in [1.807, 2.05) is 13.8 Å². The molecule has 0 aliphatic heterocycles. The molecule has 0 saturated heterocycles. The van der Waals surface area contributed by atoms with Crippen LogP contribution in [0.5, 0.6) is 0 Å². The highest BCUT2D eigenvalue weighted by molar-refractivity contribution is 7.31. The van der Waals surface area contributed by atoms with Crippen molar-refractivity contribution in [3.63, 3.8) is 0 Å². The van der Waals surface area contributed by atoms with E-state index in [0.717, 1.165) is 74.6 Å². The van der Waals surface area contributed by atoms with Crippen LogP contribution in [0.15, 0.2) is 22.5 Å². The molecule has 0 amide bonds. The number of rotatable bonds is 8. The van der Waals surface area contributed by atoms with Crippen LogP contribution in [0.2, 0.25) is 0 Å². The number of allylic oxidation sites excluding steroid dienone is 4. The van der Waals surface area contributed by atoms with E-state index >= 15 is 0 Å². The molecule has 0 radical (unpaired) electrons. The Morgan fingerprint density at radius 2 is 1.28 bits per heavy atom. The van der Waals surface area contributed by atoms with Crippen molar-refractivity contribution in [1.29, 1.82) is 0 Å². The van der Waals surface area contributed by atoms with Gasteiger partial charge in [-0.25, -0.2) is 0 Å². The summed E-state index contributed by atoms with van der Waals surface area (Å²) >= 11 is 0. The Morgan fingerprint density at radius 1 is 0.840 bits per heavy atom. The number of hydrogen-bond acceptors (Lipinski definition) is 4. The molecule has 4 nitrogen and oxygen atoms in total. The van der Waals surface area contributed by atoms with Gasteiger partial charge in [-0.1, -0.05) is 36.4 Å². The molecule has 0 unspecified atom stereocenters. The molecular weight excluding hydrogens is 332 g/mol. The fourth-order valence-electron chi connectivity index (χ4n) is 3.78. The van der Waals surface area contributed by atoms with Gasteiger partial charge in [0, 0.05) is 0 Å². The molecule has 0 aromatic rings. The highest BCUT2D eigenvalue weighted by atomic mass is 28.3. The van der Waals surface area contributed by atoms with Crippen LogP contribution in [-0.2, 0) is 9.47 Å². The molecule has 140 valence electrons. The number of hydrogen-bond donors (Lipinski definition) is 0. The molecule has 0 heterocycles. The van der Waals surface area contributed by atoms with Crippen molar-refractivity contribution in [2.24, 2.45) is 0 Å². The summed E-state index contributed by atoms with van der Waals surface area (Å²) in [6.45, 7) is 4.70. The molecule has 0 bridgehead atoms. The molecule has 2 rings (SSSR count). The van der Waals surface area contributed by atoms with Crippen LogP contribution in [0, 0.1) is 0 Å². The van der Waals surface area contributed by atoms with E-state index in [-0.39, 0.29) is 11.2 Å². The first kappa shape index (κ1) is 20.0. The summed E-state index contributed by atoms with van der Waals surface area (Å²) in [4.78, 5) is 26.6. The Morgan fingerprint density at radius 3 is 1.60 bits per heavy atom. The fraction of sp³-hybridized carbons (Fsp3) is 0.700. The predicted octanol–water partition coefficient (Wildman–Crippen LogP) is 5.77. The topological polar surface area (TPSA) is 52.6 Å². The largest absolute Gasteiger partial charge is 0.469 e. The highest BCUT2D eigenvalue weighted by Crippen LogP contribution is 2.38. The molecule has 0 spiro atoms. The minimum Gasteiger partial charge on any atom is -0.469 e. The SMILES string of the molecule is CCCOC(=O)[Si](C(=O)OCCC)(C1=CCCCC1)C1=CCCCC1. The fourth-order valence-corrected chi connectivity index (χ4v) is 8.05. The standard InChI is InChI=1S/C20H32O4Si/c1-3-15-23-19(21)25(20(22)24-16-4-2,17-11-7-5-8-12-17)18-13-9-6-10-14-18/h11,13H,3-10,12,14-16H2,1-2H3. The van der Waals surface area contributed by atoms with E-state index in [1.54, 1.807) is 0 Å².